The number of amides is 2. The van der Waals surface area contributed by atoms with Gasteiger partial charge in [0.2, 0.25) is 11.9 Å². The Morgan fingerprint density at radius 2 is 2.37 bits per heavy atom. The molecule has 1 N–H and O–H groups in total. The largest absolute Gasteiger partial charge is 0.354 e. The summed E-state index contributed by atoms with van der Waals surface area (Å²) in [6.07, 6.45) is 2.89. The molecule has 5 nitrogen and oxygen atoms in total. The summed E-state index contributed by atoms with van der Waals surface area (Å²) in [6, 6.07) is 2.53. The van der Waals surface area contributed by atoms with Gasteiger partial charge < -0.3 is 10.2 Å². The molecule has 2 saturated heterocycles. The quantitative estimate of drug-likeness (QED) is 0.754. The van der Waals surface area contributed by atoms with Crippen LogP contribution in [0.15, 0.2) is 18.3 Å². The highest BCUT2D eigenvalue weighted by Gasteiger charge is 2.42. The number of pyridine rings is 1. The van der Waals surface area contributed by atoms with Gasteiger partial charge in [-0.2, -0.15) is 4.39 Å². The van der Waals surface area contributed by atoms with Crippen LogP contribution in [0.3, 0.4) is 0 Å². The van der Waals surface area contributed by atoms with Crippen LogP contribution in [-0.2, 0) is 4.79 Å². The smallest absolute Gasteiger partial charge is 0.254 e. The molecule has 1 aromatic rings. The molecule has 3 heterocycles. The lowest BCUT2D eigenvalue weighted by Crippen LogP contribution is -2.48. The Morgan fingerprint density at radius 3 is 3.16 bits per heavy atom. The number of fused-ring (bicyclic) bond motifs is 1. The number of hydrogen-bond acceptors (Lipinski definition) is 3. The van der Waals surface area contributed by atoms with Crippen molar-refractivity contribution in [2.24, 2.45) is 5.92 Å². The van der Waals surface area contributed by atoms with E-state index in [1.165, 1.54) is 12.3 Å². The highest BCUT2D eigenvalue weighted by atomic mass is 19.1. The summed E-state index contributed by atoms with van der Waals surface area (Å²) in [5.41, 5.74) is 0.285. The van der Waals surface area contributed by atoms with Gasteiger partial charge in [-0.1, -0.05) is 0 Å². The summed E-state index contributed by atoms with van der Waals surface area (Å²) in [4.78, 5) is 29.2. The number of halogens is 1. The summed E-state index contributed by atoms with van der Waals surface area (Å²) < 4.78 is 13.1. The molecule has 0 aliphatic carbocycles. The first-order chi connectivity index (χ1) is 9.16. The van der Waals surface area contributed by atoms with Crippen LogP contribution < -0.4 is 5.32 Å². The monoisotopic (exact) mass is 263 g/mol. The van der Waals surface area contributed by atoms with Gasteiger partial charge in [0.15, 0.2) is 0 Å². The van der Waals surface area contributed by atoms with E-state index in [2.05, 4.69) is 10.3 Å². The number of nitrogens with zero attached hydrogens (tertiary/aromatic N) is 2. The van der Waals surface area contributed by atoms with Crippen LogP contribution in [0.5, 0.6) is 0 Å². The van der Waals surface area contributed by atoms with Gasteiger partial charge in [-0.3, -0.25) is 9.59 Å². The Balaban J connectivity index is 1.85. The molecule has 2 fully saturated rings. The molecule has 3 rings (SSSR count). The highest BCUT2D eigenvalue weighted by molar-refractivity contribution is 5.95. The van der Waals surface area contributed by atoms with E-state index in [0.717, 1.165) is 18.9 Å². The van der Waals surface area contributed by atoms with Crippen LogP contribution in [0.25, 0.3) is 0 Å². The Morgan fingerprint density at radius 1 is 1.53 bits per heavy atom. The molecule has 0 spiro atoms. The number of rotatable bonds is 1. The predicted molar refractivity (Wildman–Crippen MR) is 64.8 cm³/mol. The molecule has 6 heteroatoms. The van der Waals surface area contributed by atoms with Crippen LogP contribution in [0.2, 0.25) is 0 Å². The molecule has 0 saturated carbocycles. The minimum absolute atomic E-state index is 0.0170. The summed E-state index contributed by atoms with van der Waals surface area (Å²) in [6.45, 7) is 1.10. The van der Waals surface area contributed by atoms with Gasteiger partial charge in [0.25, 0.3) is 5.91 Å². The van der Waals surface area contributed by atoms with Crippen LogP contribution >= 0.6 is 0 Å². The second-order valence-corrected chi connectivity index (χ2v) is 4.93. The maximum Gasteiger partial charge on any atom is 0.254 e. The third-order valence-electron chi connectivity index (χ3n) is 3.84. The average molecular weight is 263 g/mol. The number of likely N-dealkylation sites (tertiary alicyclic amines) is 1. The van der Waals surface area contributed by atoms with E-state index in [9.17, 15) is 14.0 Å². The lowest BCUT2D eigenvalue weighted by Gasteiger charge is -2.35. The van der Waals surface area contributed by atoms with Crippen molar-refractivity contribution >= 4 is 11.8 Å². The number of carbonyl (C=O) groups excluding carboxylic acids is 2. The van der Waals surface area contributed by atoms with E-state index in [0.29, 0.717) is 13.1 Å². The number of carbonyl (C=O) groups is 2. The topological polar surface area (TPSA) is 62.3 Å². The molecule has 2 atom stereocenters. The normalized spacial score (nSPS) is 25.9. The minimum Gasteiger partial charge on any atom is -0.354 e. The number of aromatic nitrogens is 1. The van der Waals surface area contributed by atoms with E-state index in [4.69, 9.17) is 0 Å². The fraction of sp³-hybridized carbons (Fsp3) is 0.462. The molecule has 100 valence electrons. The van der Waals surface area contributed by atoms with E-state index in [-0.39, 0.29) is 29.3 Å². The van der Waals surface area contributed by atoms with Crippen LogP contribution in [0.1, 0.15) is 23.2 Å². The zero-order valence-electron chi connectivity index (χ0n) is 10.3. The van der Waals surface area contributed by atoms with Gasteiger partial charge in [-0.25, -0.2) is 4.98 Å². The van der Waals surface area contributed by atoms with Crippen molar-refractivity contribution in [2.75, 3.05) is 13.1 Å². The van der Waals surface area contributed by atoms with Crippen molar-refractivity contribution in [1.29, 1.82) is 0 Å². The molecule has 2 aliphatic rings. The Labute approximate surface area is 109 Å². The number of piperidine rings is 1. The van der Waals surface area contributed by atoms with Gasteiger partial charge in [-0.15, -0.1) is 0 Å². The third kappa shape index (κ3) is 2.07. The Bertz CT molecular complexity index is 534. The fourth-order valence-corrected chi connectivity index (χ4v) is 2.90. The summed E-state index contributed by atoms with van der Waals surface area (Å²) in [7, 11) is 0. The van der Waals surface area contributed by atoms with Crippen molar-refractivity contribution in [3.05, 3.63) is 29.8 Å². The van der Waals surface area contributed by atoms with Gasteiger partial charge in [0, 0.05) is 30.9 Å². The molecule has 1 aromatic heterocycles. The summed E-state index contributed by atoms with van der Waals surface area (Å²) in [5.74, 6) is -1.000. The van der Waals surface area contributed by atoms with Crippen LogP contribution in [0, 0.1) is 11.9 Å². The zero-order chi connectivity index (χ0) is 13.4. The average Bonchev–Trinajstić information content (AvgIpc) is 2.80. The molecule has 2 aliphatic heterocycles. The van der Waals surface area contributed by atoms with Crippen LogP contribution in [0.4, 0.5) is 4.39 Å². The summed E-state index contributed by atoms with van der Waals surface area (Å²) in [5, 5.41) is 2.79. The fourth-order valence-electron chi connectivity index (χ4n) is 2.90. The van der Waals surface area contributed by atoms with Crippen molar-refractivity contribution in [3.8, 4) is 0 Å². The molecule has 0 radical (unpaired) electrons. The van der Waals surface area contributed by atoms with E-state index in [1.807, 2.05) is 0 Å². The predicted octanol–water partition coefficient (Wildman–Crippen LogP) is 0.571. The molecule has 19 heavy (non-hydrogen) atoms. The standard InChI is InChI=1S/C13H14FN3O2/c14-11-6-8(3-4-15-11)13(19)17-5-1-2-9-10(17)7-16-12(9)18/h3-4,6,9-10H,1-2,5,7H2,(H,16,18). The van der Waals surface area contributed by atoms with Gasteiger partial charge in [0.1, 0.15) is 0 Å². The molecule has 2 unspecified atom stereocenters. The molecule has 2 amide bonds. The van der Waals surface area contributed by atoms with Crippen molar-refractivity contribution in [2.45, 2.75) is 18.9 Å². The maximum atomic E-state index is 13.1. The Kier molecular flexibility index (Phi) is 2.93. The lowest BCUT2D eigenvalue weighted by molar-refractivity contribution is -0.123. The van der Waals surface area contributed by atoms with Gasteiger partial charge in [-0.05, 0) is 18.9 Å². The third-order valence-corrected chi connectivity index (χ3v) is 3.84. The maximum absolute atomic E-state index is 13.1. The van der Waals surface area contributed by atoms with Crippen molar-refractivity contribution in [3.63, 3.8) is 0 Å². The van der Waals surface area contributed by atoms with Crippen molar-refractivity contribution < 1.29 is 14.0 Å². The molecule has 0 bridgehead atoms. The first-order valence-electron chi connectivity index (χ1n) is 6.37. The first kappa shape index (κ1) is 12.1. The Hall–Kier alpha value is -1.98. The SMILES string of the molecule is O=C1NCC2C1CCCN2C(=O)c1ccnc(F)c1. The number of nitrogens with one attached hydrogen (secondary N) is 1. The molecule has 0 aromatic carbocycles. The summed E-state index contributed by atoms with van der Waals surface area (Å²) >= 11 is 0. The second-order valence-electron chi connectivity index (χ2n) is 4.93. The molecular weight excluding hydrogens is 249 g/mol. The van der Waals surface area contributed by atoms with E-state index < -0.39 is 5.95 Å². The highest BCUT2D eigenvalue weighted by Crippen LogP contribution is 2.28. The zero-order valence-corrected chi connectivity index (χ0v) is 10.3. The number of hydrogen-bond donors (Lipinski definition) is 1. The van der Waals surface area contributed by atoms with Gasteiger partial charge in [0.05, 0.1) is 12.0 Å². The van der Waals surface area contributed by atoms with Gasteiger partial charge >= 0.3 is 0 Å². The van der Waals surface area contributed by atoms with Crippen molar-refractivity contribution in [1.82, 2.24) is 15.2 Å². The van der Waals surface area contributed by atoms with E-state index in [1.54, 1.807) is 4.90 Å². The lowest BCUT2D eigenvalue weighted by atomic mass is 9.91. The second kappa shape index (κ2) is 4.60. The van der Waals surface area contributed by atoms with Crippen LogP contribution in [-0.4, -0.2) is 40.8 Å². The first-order valence-corrected chi connectivity index (χ1v) is 6.37. The minimum atomic E-state index is -0.667. The molecular formula is C13H14FN3O2. The van der Waals surface area contributed by atoms with E-state index >= 15 is 0 Å².